The van der Waals surface area contributed by atoms with Gasteiger partial charge in [0.05, 0.1) is 12.6 Å². The van der Waals surface area contributed by atoms with E-state index in [4.69, 9.17) is 4.74 Å². The summed E-state index contributed by atoms with van der Waals surface area (Å²) in [6.45, 7) is 5.28. The molecule has 11 heteroatoms. The second-order valence-electron chi connectivity index (χ2n) is 7.46. The number of piperazine rings is 1. The van der Waals surface area contributed by atoms with Gasteiger partial charge in [0.15, 0.2) is 0 Å². The molecule has 29 heavy (non-hydrogen) atoms. The van der Waals surface area contributed by atoms with Crippen LogP contribution in [0, 0.1) is 0 Å². The Morgan fingerprint density at radius 3 is 2.55 bits per heavy atom. The molecule has 1 saturated heterocycles. The molecule has 1 aromatic rings. The molecule has 1 aliphatic heterocycles. The summed E-state index contributed by atoms with van der Waals surface area (Å²) in [4.78, 5) is 27.5. The number of aliphatic hydroxyl groups excluding tert-OH is 1. The van der Waals surface area contributed by atoms with Gasteiger partial charge in [0.25, 0.3) is 0 Å². The molecule has 1 atom stereocenters. The van der Waals surface area contributed by atoms with Crippen LogP contribution >= 0.6 is 11.8 Å². The van der Waals surface area contributed by atoms with Crippen molar-refractivity contribution in [2.24, 2.45) is 0 Å². The number of urea groups is 1. The first-order chi connectivity index (χ1) is 13.4. The molecule has 162 valence electrons. The quantitative estimate of drug-likeness (QED) is 0.707. The number of halogens is 3. The summed E-state index contributed by atoms with van der Waals surface area (Å²) in [5.74, 6) is 0. The number of ether oxygens (including phenoxy) is 1. The van der Waals surface area contributed by atoms with Gasteiger partial charge in [-0.25, -0.2) is 9.59 Å². The predicted molar refractivity (Wildman–Crippen MR) is 103 cm³/mol. The Morgan fingerprint density at radius 2 is 1.97 bits per heavy atom. The molecule has 2 N–H and O–H groups in total. The van der Waals surface area contributed by atoms with Gasteiger partial charge in [-0.2, -0.15) is 13.2 Å². The Morgan fingerprint density at radius 1 is 1.28 bits per heavy atom. The summed E-state index contributed by atoms with van der Waals surface area (Å²) in [6, 6.07) is 4.17. The van der Waals surface area contributed by atoms with E-state index >= 15 is 0 Å². The first kappa shape index (κ1) is 23.1. The SMILES string of the molecule is CC(C)(C)OC(=O)N1CCN(C(=O)Nc2cccc(SC(F)(F)F)c2)C(CO)C1. The van der Waals surface area contributed by atoms with E-state index in [1.54, 1.807) is 20.8 Å². The summed E-state index contributed by atoms with van der Waals surface area (Å²) < 4.78 is 42.9. The van der Waals surface area contributed by atoms with Crippen LogP contribution in [0.4, 0.5) is 28.4 Å². The maximum absolute atomic E-state index is 12.6. The molecule has 7 nitrogen and oxygen atoms in total. The van der Waals surface area contributed by atoms with E-state index in [1.165, 1.54) is 34.1 Å². The summed E-state index contributed by atoms with van der Waals surface area (Å²) >= 11 is -0.272. The van der Waals surface area contributed by atoms with Crippen LogP contribution in [-0.2, 0) is 4.74 Å². The van der Waals surface area contributed by atoms with Crippen molar-refractivity contribution in [1.82, 2.24) is 9.80 Å². The number of nitrogens with zero attached hydrogens (tertiary/aromatic N) is 2. The monoisotopic (exact) mass is 435 g/mol. The lowest BCUT2D eigenvalue weighted by atomic mass is 10.2. The molecule has 0 aliphatic carbocycles. The van der Waals surface area contributed by atoms with Crippen molar-refractivity contribution in [2.75, 3.05) is 31.6 Å². The van der Waals surface area contributed by atoms with Gasteiger partial charge < -0.3 is 25.0 Å². The highest BCUT2D eigenvalue weighted by Gasteiger charge is 2.34. The molecule has 3 amide bonds. The van der Waals surface area contributed by atoms with Gasteiger partial charge in [0.1, 0.15) is 5.60 Å². The standard InChI is InChI=1S/C18H24F3N3O4S/c1-17(2,3)28-16(27)23-7-8-24(13(10-23)11-25)15(26)22-12-5-4-6-14(9-12)29-18(19,20)21/h4-6,9,13,25H,7-8,10-11H2,1-3H3,(H,22,26). The zero-order valence-corrected chi connectivity index (χ0v) is 17.1. The first-order valence-corrected chi connectivity index (χ1v) is 9.72. The molecule has 1 heterocycles. The lowest BCUT2D eigenvalue weighted by Crippen LogP contribution is -2.59. The number of carbonyl (C=O) groups is 2. The topological polar surface area (TPSA) is 82.1 Å². The average molecular weight is 435 g/mol. The van der Waals surface area contributed by atoms with E-state index in [-0.39, 0.29) is 48.6 Å². The molecule has 0 radical (unpaired) electrons. The van der Waals surface area contributed by atoms with Crippen molar-refractivity contribution >= 4 is 29.6 Å². The Labute approximate surface area is 171 Å². The van der Waals surface area contributed by atoms with Gasteiger partial charge >= 0.3 is 17.6 Å². The van der Waals surface area contributed by atoms with Gasteiger partial charge in [-0.1, -0.05) is 6.07 Å². The van der Waals surface area contributed by atoms with Crippen LogP contribution in [0.25, 0.3) is 0 Å². The fourth-order valence-electron chi connectivity index (χ4n) is 2.74. The number of hydrogen-bond donors (Lipinski definition) is 2. The minimum Gasteiger partial charge on any atom is -0.444 e. The number of alkyl halides is 3. The number of nitrogens with one attached hydrogen (secondary N) is 1. The fourth-order valence-corrected chi connectivity index (χ4v) is 3.34. The number of anilines is 1. The number of thioether (sulfide) groups is 1. The van der Waals surface area contributed by atoms with Gasteiger partial charge in [0, 0.05) is 30.2 Å². The van der Waals surface area contributed by atoms with Crippen molar-refractivity contribution in [3.05, 3.63) is 24.3 Å². The van der Waals surface area contributed by atoms with Gasteiger partial charge in [-0.15, -0.1) is 0 Å². The fraction of sp³-hybridized carbons (Fsp3) is 0.556. The zero-order valence-electron chi connectivity index (χ0n) is 16.3. The number of benzene rings is 1. The van der Waals surface area contributed by atoms with E-state index in [2.05, 4.69) is 5.32 Å². The normalized spacial score (nSPS) is 17.8. The van der Waals surface area contributed by atoms with Crippen molar-refractivity contribution < 1.29 is 32.6 Å². The van der Waals surface area contributed by atoms with Gasteiger partial charge in [0.2, 0.25) is 0 Å². The molecule has 0 bridgehead atoms. The maximum atomic E-state index is 12.6. The van der Waals surface area contributed by atoms with Crippen LogP contribution in [0.5, 0.6) is 0 Å². The number of aliphatic hydroxyl groups is 1. The molecule has 0 spiro atoms. The van der Waals surface area contributed by atoms with E-state index in [9.17, 15) is 27.9 Å². The molecule has 0 aromatic heterocycles. The lowest BCUT2D eigenvalue weighted by molar-refractivity contribution is -0.0328. The van der Waals surface area contributed by atoms with E-state index in [0.29, 0.717) is 0 Å². The van der Waals surface area contributed by atoms with Gasteiger partial charge in [-0.3, -0.25) is 0 Å². The second-order valence-corrected chi connectivity index (χ2v) is 8.60. The van der Waals surface area contributed by atoms with Crippen LogP contribution in [0.15, 0.2) is 29.2 Å². The lowest BCUT2D eigenvalue weighted by Gasteiger charge is -2.40. The van der Waals surface area contributed by atoms with Crippen molar-refractivity contribution in [3.8, 4) is 0 Å². The summed E-state index contributed by atoms with van der Waals surface area (Å²) in [7, 11) is 0. The Balaban J connectivity index is 2.01. The Bertz CT molecular complexity index is 740. The smallest absolute Gasteiger partial charge is 0.444 e. The van der Waals surface area contributed by atoms with Crippen LogP contribution in [0.1, 0.15) is 20.8 Å². The zero-order chi connectivity index (χ0) is 21.8. The first-order valence-electron chi connectivity index (χ1n) is 8.90. The number of amides is 3. The number of rotatable bonds is 3. The summed E-state index contributed by atoms with van der Waals surface area (Å²) in [6.07, 6.45) is -0.534. The predicted octanol–water partition coefficient (Wildman–Crippen LogP) is 3.74. The largest absolute Gasteiger partial charge is 0.446 e. The summed E-state index contributed by atoms with van der Waals surface area (Å²) in [5, 5.41) is 12.2. The maximum Gasteiger partial charge on any atom is 0.446 e. The minimum atomic E-state index is -4.43. The number of hydrogen-bond acceptors (Lipinski definition) is 5. The molecule has 1 fully saturated rings. The second kappa shape index (κ2) is 9.12. The average Bonchev–Trinajstić information content (AvgIpc) is 2.58. The third kappa shape index (κ3) is 7.32. The van der Waals surface area contributed by atoms with Crippen LogP contribution in [-0.4, -0.2) is 70.4 Å². The highest BCUT2D eigenvalue weighted by atomic mass is 32.2. The minimum absolute atomic E-state index is 0.0521. The molecule has 2 rings (SSSR count). The highest BCUT2D eigenvalue weighted by Crippen LogP contribution is 2.37. The molecular formula is C18H24F3N3O4S. The third-order valence-corrected chi connectivity index (χ3v) is 4.65. The van der Waals surface area contributed by atoms with Crippen molar-refractivity contribution in [1.29, 1.82) is 0 Å². The van der Waals surface area contributed by atoms with E-state index in [0.717, 1.165) is 0 Å². The number of carbonyl (C=O) groups excluding carboxylic acids is 2. The van der Waals surface area contributed by atoms with E-state index in [1.807, 2.05) is 0 Å². The molecular weight excluding hydrogens is 411 g/mol. The van der Waals surface area contributed by atoms with Crippen molar-refractivity contribution in [2.45, 2.75) is 42.8 Å². The Kier molecular flexibility index (Phi) is 7.28. The van der Waals surface area contributed by atoms with E-state index < -0.39 is 29.3 Å². The third-order valence-electron chi connectivity index (χ3n) is 3.92. The highest BCUT2D eigenvalue weighted by molar-refractivity contribution is 8.00. The molecule has 1 aromatic carbocycles. The molecule has 1 unspecified atom stereocenters. The molecule has 1 aliphatic rings. The summed E-state index contributed by atoms with van der Waals surface area (Å²) in [5.41, 5.74) is -4.89. The van der Waals surface area contributed by atoms with Crippen LogP contribution in [0.2, 0.25) is 0 Å². The van der Waals surface area contributed by atoms with Crippen LogP contribution < -0.4 is 5.32 Å². The van der Waals surface area contributed by atoms with Gasteiger partial charge in [-0.05, 0) is 50.7 Å². The molecule has 0 saturated carbocycles. The Hall–Kier alpha value is -2.14. The van der Waals surface area contributed by atoms with Crippen LogP contribution in [0.3, 0.4) is 0 Å². The van der Waals surface area contributed by atoms with Crippen molar-refractivity contribution in [3.63, 3.8) is 0 Å².